The van der Waals surface area contributed by atoms with E-state index in [2.05, 4.69) is 10.0 Å². The lowest BCUT2D eigenvalue weighted by Gasteiger charge is -2.17. The zero-order valence-electron chi connectivity index (χ0n) is 19.0. The highest BCUT2D eigenvalue weighted by atomic mass is 32.2. The lowest BCUT2D eigenvalue weighted by atomic mass is 10.1. The summed E-state index contributed by atoms with van der Waals surface area (Å²) >= 11 is 0. The number of anilines is 2. The van der Waals surface area contributed by atoms with Gasteiger partial charge < -0.3 is 10.2 Å². The van der Waals surface area contributed by atoms with E-state index in [0.29, 0.717) is 32.4 Å². The minimum Gasteiger partial charge on any atom is -0.352 e. The van der Waals surface area contributed by atoms with Crippen LogP contribution in [0, 0.1) is 0 Å². The zero-order valence-corrected chi connectivity index (χ0v) is 19.8. The molecule has 0 unspecified atom stereocenters. The van der Waals surface area contributed by atoms with Crippen molar-refractivity contribution in [3.63, 3.8) is 0 Å². The second kappa shape index (κ2) is 10.1. The number of carbonyl (C=O) groups excluding carboxylic acids is 2. The van der Waals surface area contributed by atoms with E-state index in [1.807, 2.05) is 30.3 Å². The minimum absolute atomic E-state index is 0.0136. The molecule has 1 aliphatic rings. The van der Waals surface area contributed by atoms with Gasteiger partial charge in [0, 0.05) is 25.2 Å². The molecule has 1 heterocycles. The molecule has 4 rings (SSSR count). The van der Waals surface area contributed by atoms with E-state index in [9.17, 15) is 18.0 Å². The first-order valence-electron chi connectivity index (χ1n) is 11.3. The Kier molecular flexibility index (Phi) is 6.98. The molecule has 0 radical (unpaired) electrons. The molecule has 34 heavy (non-hydrogen) atoms. The van der Waals surface area contributed by atoms with Gasteiger partial charge in [0.2, 0.25) is 5.91 Å². The minimum atomic E-state index is -3.93. The second-order valence-corrected chi connectivity index (χ2v) is 9.76. The first-order chi connectivity index (χ1) is 16.4. The number of fused-ring (bicyclic) bond motifs is 1. The van der Waals surface area contributed by atoms with Crippen LogP contribution in [0.3, 0.4) is 0 Å². The smallest absolute Gasteiger partial charge is 0.261 e. The SMILES string of the molecule is CCC(=O)N1CCc2cc(S(=O)(=O)Nc3ccccc3C(=O)NCCc3ccccc3)ccc21. The topological polar surface area (TPSA) is 95.6 Å². The van der Waals surface area contributed by atoms with Gasteiger partial charge in [0.1, 0.15) is 0 Å². The van der Waals surface area contributed by atoms with Crippen molar-refractivity contribution < 1.29 is 18.0 Å². The van der Waals surface area contributed by atoms with Gasteiger partial charge in [0.25, 0.3) is 15.9 Å². The third kappa shape index (κ3) is 5.12. The van der Waals surface area contributed by atoms with E-state index < -0.39 is 10.0 Å². The van der Waals surface area contributed by atoms with Gasteiger partial charge >= 0.3 is 0 Å². The molecule has 0 bridgehead atoms. The third-order valence-corrected chi connectivity index (χ3v) is 7.18. The molecule has 2 N–H and O–H groups in total. The van der Waals surface area contributed by atoms with Crippen molar-refractivity contribution >= 4 is 33.2 Å². The second-order valence-electron chi connectivity index (χ2n) is 8.08. The highest BCUT2D eigenvalue weighted by Crippen LogP contribution is 2.31. The highest BCUT2D eigenvalue weighted by Gasteiger charge is 2.26. The van der Waals surface area contributed by atoms with Crippen molar-refractivity contribution in [3.8, 4) is 0 Å². The Morgan fingerprint density at radius 1 is 0.971 bits per heavy atom. The Morgan fingerprint density at radius 3 is 2.47 bits per heavy atom. The quantitative estimate of drug-likeness (QED) is 0.516. The molecular formula is C26H27N3O4S. The number of carbonyl (C=O) groups is 2. The zero-order chi connectivity index (χ0) is 24.1. The van der Waals surface area contributed by atoms with Crippen molar-refractivity contribution in [2.75, 3.05) is 22.7 Å². The summed E-state index contributed by atoms with van der Waals surface area (Å²) in [6, 6.07) is 21.1. The lowest BCUT2D eigenvalue weighted by molar-refractivity contribution is -0.118. The summed E-state index contributed by atoms with van der Waals surface area (Å²) in [4.78, 5) is 26.7. The lowest BCUT2D eigenvalue weighted by Crippen LogP contribution is -2.27. The molecule has 2 amide bonds. The van der Waals surface area contributed by atoms with Crippen LogP contribution in [0.25, 0.3) is 0 Å². The number of sulfonamides is 1. The molecule has 0 atom stereocenters. The molecule has 1 aliphatic heterocycles. The number of rotatable bonds is 8. The summed E-state index contributed by atoms with van der Waals surface area (Å²) in [5.41, 5.74) is 3.14. The van der Waals surface area contributed by atoms with Gasteiger partial charge in [-0.2, -0.15) is 0 Å². The van der Waals surface area contributed by atoms with Crippen LogP contribution in [0.2, 0.25) is 0 Å². The van der Waals surface area contributed by atoms with Gasteiger partial charge in [-0.25, -0.2) is 8.42 Å². The predicted molar refractivity (Wildman–Crippen MR) is 133 cm³/mol. The van der Waals surface area contributed by atoms with Crippen molar-refractivity contribution in [2.24, 2.45) is 0 Å². The van der Waals surface area contributed by atoms with Crippen molar-refractivity contribution in [1.82, 2.24) is 5.32 Å². The van der Waals surface area contributed by atoms with Crippen LogP contribution in [0.5, 0.6) is 0 Å². The van der Waals surface area contributed by atoms with Crippen LogP contribution in [-0.2, 0) is 27.7 Å². The number of para-hydroxylation sites is 1. The highest BCUT2D eigenvalue weighted by molar-refractivity contribution is 7.92. The molecule has 0 aliphatic carbocycles. The maximum Gasteiger partial charge on any atom is 0.261 e. The van der Waals surface area contributed by atoms with Crippen molar-refractivity contribution in [1.29, 1.82) is 0 Å². The molecule has 3 aromatic carbocycles. The van der Waals surface area contributed by atoms with Crippen LogP contribution < -0.4 is 14.9 Å². The maximum absolute atomic E-state index is 13.1. The molecule has 3 aromatic rings. The standard InChI is InChI=1S/C26H27N3O4S/c1-2-25(30)29-17-15-20-18-21(12-13-24(20)29)34(32,33)28-23-11-7-6-10-22(23)26(31)27-16-14-19-8-4-3-5-9-19/h3-13,18,28H,2,14-17H2,1H3,(H,27,31). The van der Waals surface area contributed by atoms with E-state index >= 15 is 0 Å². The normalized spacial score (nSPS) is 12.8. The van der Waals surface area contributed by atoms with E-state index in [4.69, 9.17) is 0 Å². The van der Waals surface area contributed by atoms with E-state index in [-0.39, 0.29) is 28.0 Å². The van der Waals surface area contributed by atoms with Gasteiger partial charge in [-0.3, -0.25) is 14.3 Å². The largest absolute Gasteiger partial charge is 0.352 e. The molecular weight excluding hydrogens is 450 g/mol. The monoisotopic (exact) mass is 477 g/mol. The summed E-state index contributed by atoms with van der Waals surface area (Å²) in [5.74, 6) is -0.336. The Morgan fingerprint density at radius 2 is 1.71 bits per heavy atom. The van der Waals surface area contributed by atoms with Gasteiger partial charge in [-0.15, -0.1) is 0 Å². The number of nitrogens with one attached hydrogen (secondary N) is 2. The Bertz CT molecular complexity index is 1310. The fourth-order valence-electron chi connectivity index (χ4n) is 4.03. The third-order valence-electron chi connectivity index (χ3n) is 5.82. The predicted octanol–water partition coefficient (Wildman–Crippen LogP) is 3.76. The number of hydrogen-bond acceptors (Lipinski definition) is 4. The van der Waals surface area contributed by atoms with Gasteiger partial charge in [0.05, 0.1) is 16.1 Å². The van der Waals surface area contributed by atoms with E-state index in [1.165, 1.54) is 6.07 Å². The summed E-state index contributed by atoms with van der Waals surface area (Å²) in [6.45, 7) is 2.78. The van der Waals surface area contributed by atoms with Crippen molar-refractivity contribution in [2.45, 2.75) is 31.1 Å². The summed E-state index contributed by atoms with van der Waals surface area (Å²) in [7, 11) is -3.93. The molecule has 8 heteroatoms. The van der Waals surface area contributed by atoms with E-state index in [1.54, 1.807) is 48.2 Å². The van der Waals surface area contributed by atoms with Crippen LogP contribution in [0.4, 0.5) is 11.4 Å². The molecule has 176 valence electrons. The van der Waals surface area contributed by atoms with Crippen molar-refractivity contribution in [3.05, 3.63) is 89.5 Å². The Balaban J connectivity index is 1.48. The first-order valence-corrected chi connectivity index (χ1v) is 12.7. The molecule has 0 saturated heterocycles. The summed E-state index contributed by atoms with van der Waals surface area (Å²) in [5, 5.41) is 2.86. The molecule has 0 saturated carbocycles. The molecule has 0 aromatic heterocycles. The average molecular weight is 478 g/mol. The van der Waals surface area contributed by atoms with Crippen LogP contribution >= 0.6 is 0 Å². The van der Waals surface area contributed by atoms with Crippen LogP contribution in [0.1, 0.15) is 34.8 Å². The average Bonchev–Trinajstić information content (AvgIpc) is 3.28. The van der Waals surface area contributed by atoms with Crippen LogP contribution in [-0.4, -0.2) is 33.3 Å². The summed E-state index contributed by atoms with van der Waals surface area (Å²) < 4.78 is 28.8. The molecule has 7 nitrogen and oxygen atoms in total. The molecule has 0 fully saturated rings. The summed E-state index contributed by atoms with van der Waals surface area (Å²) in [6.07, 6.45) is 1.67. The van der Waals surface area contributed by atoms with Gasteiger partial charge in [-0.05, 0) is 54.3 Å². The number of nitrogens with zero attached hydrogens (tertiary/aromatic N) is 1. The fraction of sp³-hybridized carbons (Fsp3) is 0.231. The molecule has 0 spiro atoms. The number of amides is 2. The van der Waals surface area contributed by atoms with E-state index in [0.717, 1.165) is 16.8 Å². The number of benzene rings is 3. The van der Waals surface area contributed by atoms with Gasteiger partial charge in [-0.1, -0.05) is 49.4 Å². The first kappa shape index (κ1) is 23.5. The Hall–Kier alpha value is -3.65. The maximum atomic E-state index is 13.1. The number of hydrogen-bond donors (Lipinski definition) is 2. The Labute approximate surface area is 199 Å². The fourth-order valence-corrected chi connectivity index (χ4v) is 5.16. The van der Waals surface area contributed by atoms with Crippen LogP contribution in [0.15, 0.2) is 77.7 Å². The van der Waals surface area contributed by atoms with Gasteiger partial charge in [0.15, 0.2) is 0 Å².